The molecular weight excluding hydrogens is 345 g/mol. The predicted molar refractivity (Wildman–Crippen MR) is 103 cm³/mol. The van der Waals surface area contributed by atoms with E-state index in [1.807, 2.05) is 42.5 Å². The fourth-order valence-electron chi connectivity index (χ4n) is 2.82. The molecule has 0 amide bonds. The lowest BCUT2D eigenvalue weighted by Gasteiger charge is -2.23. The minimum atomic E-state index is -2.29. The summed E-state index contributed by atoms with van der Waals surface area (Å²) < 4.78 is 11.2. The Balaban J connectivity index is 1.87. The molecule has 0 fully saturated rings. The lowest BCUT2D eigenvalue weighted by Crippen LogP contribution is -2.13. The summed E-state index contributed by atoms with van der Waals surface area (Å²) >= 11 is 7.75. The van der Waals surface area contributed by atoms with Gasteiger partial charge >= 0.3 is 0 Å². The van der Waals surface area contributed by atoms with E-state index in [-0.39, 0.29) is 0 Å². The van der Waals surface area contributed by atoms with Crippen LogP contribution in [0.3, 0.4) is 0 Å². The maximum Gasteiger partial charge on any atom is 0.183 e. The summed E-state index contributed by atoms with van der Waals surface area (Å²) in [7, 11) is 1.67. The van der Waals surface area contributed by atoms with Gasteiger partial charge < -0.3 is 14.3 Å². The Morgan fingerprint density at radius 1 is 1.22 bits per heavy atom. The first-order valence-electron chi connectivity index (χ1n) is 7.93. The first-order valence-corrected chi connectivity index (χ1v) is 11.5. The highest BCUT2D eigenvalue weighted by Gasteiger charge is 2.23. The van der Waals surface area contributed by atoms with E-state index in [9.17, 15) is 0 Å². The van der Waals surface area contributed by atoms with E-state index in [4.69, 9.17) is 21.1 Å². The molecule has 23 heavy (non-hydrogen) atoms. The summed E-state index contributed by atoms with van der Waals surface area (Å²) in [6, 6.07) is 10.2. The number of ether oxygens (including phenoxy) is 1. The lowest BCUT2D eigenvalue weighted by atomic mass is 10.00. The van der Waals surface area contributed by atoms with Crippen molar-refractivity contribution in [2.75, 3.05) is 18.8 Å². The summed E-state index contributed by atoms with van der Waals surface area (Å²) in [6.07, 6.45) is 2.68. The number of fused-ring (bicyclic) bond motifs is 1. The van der Waals surface area contributed by atoms with Crippen LogP contribution >= 0.6 is 17.8 Å². The van der Waals surface area contributed by atoms with Gasteiger partial charge in [0.25, 0.3) is 0 Å². The zero-order chi connectivity index (χ0) is 16.3. The Kier molecular flexibility index (Phi) is 5.42. The Hall–Kier alpha value is -0.870. The summed E-state index contributed by atoms with van der Waals surface area (Å²) in [4.78, 5) is 1.51. The van der Waals surface area contributed by atoms with Crippen molar-refractivity contribution in [2.24, 2.45) is 0 Å². The van der Waals surface area contributed by atoms with Gasteiger partial charge in [0.05, 0.1) is 18.7 Å². The van der Waals surface area contributed by atoms with Gasteiger partial charge in [-0.25, -0.2) is 0 Å². The zero-order valence-corrected chi connectivity index (χ0v) is 16.0. The van der Waals surface area contributed by atoms with E-state index in [1.54, 1.807) is 7.11 Å². The molecule has 1 atom stereocenters. The number of hydrogen-bond acceptors (Lipinski definition) is 4. The molecule has 1 heterocycles. The molecule has 0 bridgehead atoms. The van der Waals surface area contributed by atoms with Crippen molar-refractivity contribution in [2.45, 2.75) is 32.6 Å². The van der Waals surface area contributed by atoms with Crippen molar-refractivity contribution < 1.29 is 9.26 Å². The van der Waals surface area contributed by atoms with Crippen molar-refractivity contribution in [1.82, 2.24) is 0 Å². The van der Waals surface area contributed by atoms with E-state index in [0.29, 0.717) is 6.61 Å². The van der Waals surface area contributed by atoms with E-state index < -0.39 is 6.42 Å². The average Bonchev–Trinajstić information content (AvgIpc) is 2.97. The van der Waals surface area contributed by atoms with Crippen LogP contribution < -0.4 is 15.1 Å². The number of rotatable bonds is 6. The smallest absolute Gasteiger partial charge is 0.183 e. The predicted octanol–water partition coefficient (Wildman–Crippen LogP) is 4.72. The highest BCUT2D eigenvalue weighted by atomic mass is 32.4. The largest absolute Gasteiger partial charge is 0.497 e. The Morgan fingerprint density at radius 2 is 1.96 bits per heavy atom. The van der Waals surface area contributed by atoms with E-state index in [2.05, 4.69) is 11.2 Å². The lowest BCUT2D eigenvalue weighted by molar-refractivity contribution is 0.384. The zero-order valence-electron chi connectivity index (χ0n) is 13.5. The molecule has 0 spiro atoms. The third-order valence-corrected chi connectivity index (χ3v) is 8.64. The molecule has 1 N–H and O–H groups in total. The summed E-state index contributed by atoms with van der Waals surface area (Å²) in [5.74, 6) is 0.832. The van der Waals surface area contributed by atoms with Crippen LogP contribution in [0.15, 0.2) is 30.3 Å². The van der Waals surface area contributed by atoms with Crippen LogP contribution in [0.25, 0.3) is 0 Å². The fourth-order valence-corrected chi connectivity index (χ4v) is 7.15. The highest BCUT2D eigenvalue weighted by Crippen LogP contribution is 2.48. The van der Waals surface area contributed by atoms with Crippen molar-refractivity contribution in [3.05, 3.63) is 40.8 Å². The molecule has 1 aliphatic carbocycles. The number of methoxy groups -OCH3 is 1. The van der Waals surface area contributed by atoms with Crippen LogP contribution in [0.5, 0.6) is 5.75 Å². The second kappa shape index (κ2) is 7.35. The van der Waals surface area contributed by atoms with Gasteiger partial charge in [-0.1, -0.05) is 0 Å². The van der Waals surface area contributed by atoms with Gasteiger partial charge in [0, 0.05) is 10.2 Å². The molecule has 6 heteroatoms. The van der Waals surface area contributed by atoms with Gasteiger partial charge in [0.2, 0.25) is 0 Å². The molecule has 1 aromatic carbocycles. The first kappa shape index (κ1) is 17.0. The standard InChI is InChI=1S/C17H22NO2PS2/c1-3-20-21(22,15-10-8-14(19-2)9-11-15)18-17-12-13-6-4-5-7-16(13)23-17/h8-12H,3-7H2,1-2H3,(H,18,22). The Labute approximate surface area is 147 Å². The quantitative estimate of drug-likeness (QED) is 0.749. The molecule has 3 nitrogen and oxygen atoms in total. The number of anilines is 1. The second-order valence-corrected chi connectivity index (χ2v) is 10.3. The van der Waals surface area contributed by atoms with Crippen LogP contribution in [0.1, 0.15) is 30.2 Å². The number of thiophene rings is 1. The average molecular weight is 367 g/mol. The van der Waals surface area contributed by atoms with Gasteiger partial charge in [-0.05, 0) is 80.3 Å². The summed E-state index contributed by atoms with van der Waals surface area (Å²) in [5, 5.41) is 5.72. The minimum absolute atomic E-state index is 0.599. The molecule has 1 aromatic heterocycles. The van der Waals surface area contributed by atoms with Crippen molar-refractivity contribution in [3.63, 3.8) is 0 Å². The maximum absolute atomic E-state index is 6.01. The third kappa shape index (κ3) is 3.80. The molecule has 0 saturated heterocycles. The number of nitrogens with one attached hydrogen (secondary N) is 1. The minimum Gasteiger partial charge on any atom is -0.497 e. The molecule has 0 aliphatic heterocycles. The Bertz CT molecular complexity index is 688. The van der Waals surface area contributed by atoms with E-state index in [0.717, 1.165) is 16.1 Å². The normalized spacial score (nSPS) is 16.4. The summed E-state index contributed by atoms with van der Waals surface area (Å²) in [5.41, 5.74) is 1.48. The summed E-state index contributed by atoms with van der Waals surface area (Å²) in [6.45, 7) is 2.59. The number of aryl methyl sites for hydroxylation is 2. The van der Waals surface area contributed by atoms with Crippen molar-refractivity contribution in [3.8, 4) is 5.75 Å². The monoisotopic (exact) mass is 367 g/mol. The molecule has 1 aliphatic rings. The van der Waals surface area contributed by atoms with Crippen molar-refractivity contribution in [1.29, 1.82) is 0 Å². The molecule has 3 rings (SSSR count). The van der Waals surface area contributed by atoms with Crippen LogP contribution in [-0.2, 0) is 29.2 Å². The van der Waals surface area contributed by atoms with Gasteiger partial charge in [0.15, 0.2) is 6.42 Å². The molecule has 1 unspecified atom stereocenters. The third-order valence-electron chi connectivity index (χ3n) is 3.98. The van der Waals surface area contributed by atoms with Gasteiger partial charge in [-0.2, -0.15) is 0 Å². The maximum atomic E-state index is 6.01. The topological polar surface area (TPSA) is 30.5 Å². The second-order valence-electron chi connectivity index (χ2n) is 5.55. The fraction of sp³-hybridized carbons (Fsp3) is 0.412. The number of benzene rings is 1. The van der Waals surface area contributed by atoms with Gasteiger partial charge in [-0.3, -0.25) is 0 Å². The van der Waals surface area contributed by atoms with Crippen LogP contribution in [0, 0.1) is 0 Å². The molecular formula is C17H22NO2PS2. The van der Waals surface area contributed by atoms with E-state index >= 15 is 0 Å². The number of hydrogen-bond donors (Lipinski definition) is 1. The highest BCUT2D eigenvalue weighted by molar-refractivity contribution is 8.16. The SMILES string of the molecule is CCOP(=S)(Nc1cc2c(s1)CCCC2)c1ccc(OC)cc1. The molecule has 0 saturated carbocycles. The van der Waals surface area contributed by atoms with Crippen LogP contribution in [0.2, 0.25) is 0 Å². The molecule has 0 radical (unpaired) electrons. The van der Waals surface area contributed by atoms with E-state index in [1.165, 1.54) is 36.1 Å². The molecule has 124 valence electrons. The van der Waals surface area contributed by atoms with Crippen LogP contribution in [0.4, 0.5) is 5.00 Å². The molecule has 2 aromatic rings. The van der Waals surface area contributed by atoms with Gasteiger partial charge in [0.1, 0.15) is 5.75 Å². The first-order chi connectivity index (χ1) is 11.1. The van der Waals surface area contributed by atoms with Crippen LogP contribution in [-0.4, -0.2) is 13.7 Å². The Morgan fingerprint density at radius 3 is 2.61 bits per heavy atom. The van der Waals surface area contributed by atoms with Crippen molar-refractivity contribution >= 4 is 39.9 Å². The van der Waals surface area contributed by atoms with Gasteiger partial charge in [-0.15, -0.1) is 11.3 Å².